The average molecular weight is 603 g/mol. The third-order valence-corrected chi connectivity index (χ3v) is 8.56. The molecule has 0 radical (unpaired) electrons. The van der Waals surface area contributed by atoms with Gasteiger partial charge in [-0.1, -0.05) is 29.8 Å². The Labute approximate surface area is 248 Å². The van der Waals surface area contributed by atoms with Gasteiger partial charge >= 0.3 is 0 Å². The first kappa shape index (κ1) is 29.3. The van der Waals surface area contributed by atoms with Crippen LogP contribution in [0.3, 0.4) is 0 Å². The Morgan fingerprint density at radius 2 is 1.93 bits per heavy atom. The number of pyridine rings is 1. The molecule has 2 fully saturated rings. The summed E-state index contributed by atoms with van der Waals surface area (Å²) in [6.45, 7) is 8.00. The van der Waals surface area contributed by atoms with Gasteiger partial charge in [0.05, 0.1) is 66.4 Å². The van der Waals surface area contributed by atoms with Gasteiger partial charge in [-0.05, 0) is 25.5 Å². The summed E-state index contributed by atoms with van der Waals surface area (Å²) in [5, 5.41) is 4.81. The summed E-state index contributed by atoms with van der Waals surface area (Å²) < 4.78 is 22.4. The average Bonchev–Trinajstić information content (AvgIpc) is 3.59. The third-order valence-electron chi connectivity index (χ3n) is 7.81. The molecule has 4 heterocycles. The second-order valence-electron chi connectivity index (χ2n) is 10.5. The number of hydrogen-bond donors (Lipinski definition) is 1. The Bertz CT molecular complexity index is 1460. The minimum atomic E-state index is -0.327. The van der Waals surface area contributed by atoms with Crippen LogP contribution in [0.4, 0.5) is 11.6 Å². The highest BCUT2D eigenvalue weighted by Gasteiger charge is 2.36. The van der Waals surface area contributed by atoms with Gasteiger partial charge in [-0.2, -0.15) is 0 Å². The van der Waals surface area contributed by atoms with Crippen LogP contribution in [-0.4, -0.2) is 80.0 Å². The summed E-state index contributed by atoms with van der Waals surface area (Å²) in [6, 6.07) is 3.48. The molecule has 0 amide bonds. The van der Waals surface area contributed by atoms with Gasteiger partial charge < -0.3 is 29.2 Å². The highest BCUT2D eigenvalue weighted by molar-refractivity contribution is 6.41. The number of ketones is 1. The van der Waals surface area contributed by atoms with E-state index in [4.69, 9.17) is 52.1 Å². The first-order chi connectivity index (χ1) is 19.7. The van der Waals surface area contributed by atoms with E-state index in [1.165, 1.54) is 20.3 Å². The number of allylic oxidation sites excluding steroid dienone is 1. The predicted octanol–water partition coefficient (Wildman–Crippen LogP) is 5.20. The molecule has 0 spiro atoms. The lowest BCUT2D eigenvalue weighted by Crippen LogP contribution is -2.32. The van der Waals surface area contributed by atoms with Gasteiger partial charge in [-0.25, -0.2) is 15.0 Å². The molecule has 0 aliphatic carbocycles. The first-order valence-electron chi connectivity index (χ1n) is 13.3. The second-order valence-corrected chi connectivity index (χ2v) is 11.2. The van der Waals surface area contributed by atoms with Crippen molar-refractivity contribution in [3.05, 3.63) is 41.0 Å². The second kappa shape index (κ2) is 12.0. The Balaban J connectivity index is 1.61. The molecule has 1 aromatic carbocycles. The topological polar surface area (TPSA) is 108 Å². The quantitative estimate of drug-likeness (QED) is 0.311. The summed E-state index contributed by atoms with van der Waals surface area (Å²) in [7, 11) is 4.76. The highest BCUT2D eigenvalue weighted by Crippen LogP contribution is 2.46. The van der Waals surface area contributed by atoms with Crippen molar-refractivity contribution in [3.8, 4) is 22.9 Å². The Kier molecular flexibility index (Phi) is 8.56. The lowest BCUT2D eigenvalue weighted by molar-refractivity contribution is -0.115. The third kappa shape index (κ3) is 5.79. The number of benzene rings is 1. The lowest BCUT2D eigenvalue weighted by Gasteiger charge is -2.25. The maximum Gasteiger partial charge on any atom is 0.165 e. The standard InChI is InChI=1S/C29H33Cl2N5O5/c1-6-17(37)9-16-13-41-14-20(16)33-23-10-18-19(12-32-23)34-27(35-28(18)36-8-7-29(2,15-36)40-5)24-25(30)21(38-3)11-22(39-4)26(24)31/h6,10-12,16,20H,1,7-9,13-15H2,2-5H3,(H,32,33)/t16-,20+,29?/m0/s1. The number of nitrogens with one attached hydrogen (secondary N) is 1. The van der Waals surface area contributed by atoms with E-state index >= 15 is 0 Å². The number of carbonyl (C=O) groups excluding carboxylic acids is 1. The van der Waals surface area contributed by atoms with Crippen molar-refractivity contribution in [3.63, 3.8) is 0 Å². The van der Waals surface area contributed by atoms with Gasteiger partial charge in [-0.3, -0.25) is 4.79 Å². The minimum absolute atomic E-state index is 0.0105. The summed E-state index contributed by atoms with van der Waals surface area (Å²) in [5.41, 5.74) is 0.685. The molecule has 5 rings (SSSR count). The fourth-order valence-electron chi connectivity index (χ4n) is 5.30. The molecular weight excluding hydrogens is 569 g/mol. The zero-order chi connectivity index (χ0) is 29.3. The van der Waals surface area contributed by atoms with Crippen molar-refractivity contribution in [2.75, 3.05) is 57.8 Å². The Morgan fingerprint density at radius 3 is 2.56 bits per heavy atom. The van der Waals surface area contributed by atoms with Gasteiger partial charge in [0.2, 0.25) is 0 Å². The molecule has 10 nitrogen and oxygen atoms in total. The fourth-order valence-corrected chi connectivity index (χ4v) is 5.97. The number of ether oxygens (including phenoxy) is 4. The van der Waals surface area contributed by atoms with Crippen LogP contribution >= 0.6 is 23.2 Å². The molecule has 1 N–H and O–H groups in total. The number of nitrogens with zero attached hydrogens (tertiary/aromatic N) is 4. The number of fused-ring (bicyclic) bond motifs is 1. The number of halogens is 2. The van der Waals surface area contributed by atoms with Gasteiger partial charge in [0.1, 0.15) is 23.1 Å². The van der Waals surface area contributed by atoms with Crippen molar-refractivity contribution in [1.82, 2.24) is 15.0 Å². The molecule has 0 saturated carbocycles. The summed E-state index contributed by atoms with van der Waals surface area (Å²) >= 11 is 13.5. The van der Waals surface area contributed by atoms with Crippen LogP contribution in [-0.2, 0) is 14.3 Å². The molecule has 2 aromatic heterocycles. The van der Waals surface area contributed by atoms with E-state index in [9.17, 15) is 4.79 Å². The van der Waals surface area contributed by atoms with Crippen LogP contribution < -0.4 is 19.7 Å². The molecular formula is C29H33Cl2N5O5. The summed E-state index contributed by atoms with van der Waals surface area (Å²) in [4.78, 5) is 28.6. The molecule has 2 aliphatic heterocycles. The Morgan fingerprint density at radius 1 is 1.20 bits per heavy atom. The van der Waals surface area contributed by atoms with Crippen LogP contribution in [0, 0.1) is 5.92 Å². The van der Waals surface area contributed by atoms with E-state index in [1.54, 1.807) is 19.4 Å². The van der Waals surface area contributed by atoms with Crippen LogP contribution in [0.2, 0.25) is 10.0 Å². The van der Waals surface area contributed by atoms with Crippen molar-refractivity contribution in [1.29, 1.82) is 0 Å². The number of aromatic nitrogens is 3. The molecule has 3 aromatic rings. The van der Waals surface area contributed by atoms with Gasteiger partial charge in [0.15, 0.2) is 11.6 Å². The van der Waals surface area contributed by atoms with Crippen molar-refractivity contribution >= 4 is 51.5 Å². The fraction of sp³-hybridized carbons (Fsp3) is 0.448. The van der Waals surface area contributed by atoms with E-state index in [0.717, 1.165) is 18.4 Å². The zero-order valence-corrected chi connectivity index (χ0v) is 25.0. The van der Waals surface area contributed by atoms with Crippen LogP contribution in [0.1, 0.15) is 19.8 Å². The number of rotatable bonds is 10. The van der Waals surface area contributed by atoms with E-state index in [2.05, 4.69) is 28.7 Å². The maximum absolute atomic E-state index is 12.0. The van der Waals surface area contributed by atoms with E-state index < -0.39 is 0 Å². The van der Waals surface area contributed by atoms with Crippen molar-refractivity contribution < 1.29 is 23.7 Å². The molecule has 2 saturated heterocycles. The van der Waals surface area contributed by atoms with Crippen LogP contribution in [0.5, 0.6) is 11.5 Å². The molecule has 1 unspecified atom stereocenters. The number of carbonyl (C=O) groups is 1. The number of anilines is 2. The maximum atomic E-state index is 12.0. The molecule has 2 aliphatic rings. The summed E-state index contributed by atoms with van der Waals surface area (Å²) in [5.74, 6) is 2.44. The number of hydrogen-bond acceptors (Lipinski definition) is 10. The predicted molar refractivity (Wildman–Crippen MR) is 160 cm³/mol. The molecule has 41 heavy (non-hydrogen) atoms. The SMILES string of the molecule is C=CC(=O)C[C@H]1COC[C@H]1Nc1cc2c(N3CCC(C)(OC)C3)nc(-c3c(Cl)c(OC)cc(OC)c3Cl)nc2cn1. The molecule has 0 bridgehead atoms. The van der Waals surface area contributed by atoms with E-state index in [-0.39, 0.29) is 33.4 Å². The highest BCUT2D eigenvalue weighted by atomic mass is 35.5. The van der Waals surface area contributed by atoms with E-state index in [0.29, 0.717) is 66.2 Å². The van der Waals surface area contributed by atoms with Crippen LogP contribution in [0.25, 0.3) is 22.3 Å². The summed E-state index contributed by atoms with van der Waals surface area (Å²) in [6.07, 6.45) is 4.23. The number of methoxy groups -OCH3 is 3. The normalized spacial score (nSPS) is 22.2. The van der Waals surface area contributed by atoms with Gasteiger partial charge in [-0.15, -0.1) is 0 Å². The lowest BCUT2D eigenvalue weighted by atomic mass is 9.97. The van der Waals surface area contributed by atoms with Crippen molar-refractivity contribution in [2.45, 2.75) is 31.4 Å². The monoisotopic (exact) mass is 601 g/mol. The minimum Gasteiger partial charge on any atom is -0.495 e. The molecule has 3 atom stereocenters. The van der Waals surface area contributed by atoms with Gasteiger partial charge in [0, 0.05) is 44.0 Å². The van der Waals surface area contributed by atoms with Crippen LogP contribution in [0.15, 0.2) is 31.0 Å². The molecule has 12 heteroatoms. The Hall–Kier alpha value is -3.18. The first-order valence-corrected chi connectivity index (χ1v) is 14.0. The van der Waals surface area contributed by atoms with Crippen molar-refractivity contribution in [2.24, 2.45) is 5.92 Å². The molecule has 218 valence electrons. The largest absolute Gasteiger partial charge is 0.495 e. The smallest absolute Gasteiger partial charge is 0.165 e. The van der Waals surface area contributed by atoms with E-state index in [1.807, 2.05) is 6.07 Å². The zero-order valence-electron chi connectivity index (χ0n) is 23.5. The van der Waals surface area contributed by atoms with Gasteiger partial charge in [0.25, 0.3) is 0 Å².